The van der Waals surface area contributed by atoms with Crippen molar-refractivity contribution in [2.24, 2.45) is 0 Å². The number of amides is 1. The maximum absolute atomic E-state index is 13.0. The number of fused-ring (bicyclic) bond motifs is 1. The summed E-state index contributed by atoms with van der Waals surface area (Å²) >= 11 is 0. The Morgan fingerprint density at radius 2 is 1.68 bits per heavy atom. The molecule has 0 heterocycles. The summed E-state index contributed by atoms with van der Waals surface area (Å²) in [5.74, 6) is -2.79. The summed E-state index contributed by atoms with van der Waals surface area (Å²) in [5, 5.41) is 22.5. The standard InChI is InChI=1S/C23H20FNO6/c1-12(2)3-10-19(31-23(30)25-14-6-4-13(24)5-7-14)15-11-18(28)20-16(26)8-9-17(27)21(20)22(15)29/h3-9,11,19,26-27H,10H2,1-2H3,(H,25,30). The molecule has 0 saturated carbocycles. The highest BCUT2D eigenvalue weighted by atomic mass is 19.1. The lowest BCUT2D eigenvalue weighted by Gasteiger charge is -2.23. The summed E-state index contributed by atoms with van der Waals surface area (Å²) in [7, 11) is 0. The molecule has 3 N–H and O–H groups in total. The number of carbonyl (C=O) groups excluding carboxylic acids is 3. The van der Waals surface area contributed by atoms with Gasteiger partial charge in [0.1, 0.15) is 23.4 Å². The number of benzene rings is 2. The van der Waals surface area contributed by atoms with Crippen LogP contribution in [0.2, 0.25) is 0 Å². The van der Waals surface area contributed by atoms with Crippen molar-refractivity contribution < 1.29 is 33.7 Å². The zero-order chi connectivity index (χ0) is 22.7. The Hall–Kier alpha value is -3.94. The average molecular weight is 425 g/mol. The van der Waals surface area contributed by atoms with Gasteiger partial charge in [-0.15, -0.1) is 0 Å². The fourth-order valence-electron chi connectivity index (χ4n) is 3.11. The number of allylic oxidation sites excluding steroid dienone is 2. The van der Waals surface area contributed by atoms with Gasteiger partial charge in [0.2, 0.25) is 0 Å². The number of anilines is 1. The van der Waals surface area contributed by atoms with Crippen molar-refractivity contribution in [3.8, 4) is 11.5 Å². The van der Waals surface area contributed by atoms with Crippen molar-refractivity contribution in [3.05, 3.63) is 76.6 Å². The number of nitrogens with one attached hydrogen (secondary N) is 1. The highest BCUT2D eigenvalue weighted by molar-refractivity contribution is 6.27. The smallest absolute Gasteiger partial charge is 0.412 e. The predicted octanol–water partition coefficient (Wildman–Crippen LogP) is 4.52. The molecule has 31 heavy (non-hydrogen) atoms. The van der Waals surface area contributed by atoms with Crippen LogP contribution in [0.25, 0.3) is 0 Å². The first-order valence-electron chi connectivity index (χ1n) is 9.39. The number of Topliss-reactive ketones (excluding diaryl/α,β-unsaturated/α-hetero) is 1. The van der Waals surface area contributed by atoms with Crippen molar-refractivity contribution in [2.75, 3.05) is 5.32 Å². The molecule has 2 aromatic carbocycles. The molecule has 0 spiro atoms. The third-order valence-electron chi connectivity index (χ3n) is 4.61. The van der Waals surface area contributed by atoms with E-state index in [-0.39, 0.29) is 28.8 Å². The summed E-state index contributed by atoms with van der Waals surface area (Å²) < 4.78 is 18.5. The van der Waals surface area contributed by atoms with Gasteiger partial charge in [-0.2, -0.15) is 0 Å². The van der Waals surface area contributed by atoms with Crippen LogP contribution in [0.3, 0.4) is 0 Å². The minimum absolute atomic E-state index is 0.0962. The van der Waals surface area contributed by atoms with Crippen LogP contribution in [0.1, 0.15) is 41.0 Å². The molecule has 0 aromatic heterocycles. The van der Waals surface area contributed by atoms with Gasteiger partial charge in [-0.05, 0) is 56.3 Å². The zero-order valence-electron chi connectivity index (χ0n) is 16.8. The average Bonchev–Trinajstić information content (AvgIpc) is 2.71. The zero-order valence-corrected chi connectivity index (χ0v) is 16.8. The number of ketones is 2. The maximum atomic E-state index is 13.0. The second-order valence-electron chi connectivity index (χ2n) is 7.19. The maximum Gasteiger partial charge on any atom is 0.412 e. The molecular weight excluding hydrogens is 405 g/mol. The number of rotatable bonds is 5. The Labute approximate surface area is 177 Å². The van der Waals surface area contributed by atoms with Crippen LogP contribution in [0.15, 0.2) is 59.7 Å². The highest BCUT2D eigenvalue weighted by Gasteiger charge is 2.35. The van der Waals surface area contributed by atoms with Crippen molar-refractivity contribution >= 4 is 23.3 Å². The molecule has 0 fully saturated rings. The fourth-order valence-corrected chi connectivity index (χ4v) is 3.11. The Kier molecular flexibility index (Phi) is 6.20. The van der Waals surface area contributed by atoms with E-state index in [4.69, 9.17) is 4.74 Å². The quantitative estimate of drug-likeness (QED) is 0.480. The van der Waals surface area contributed by atoms with Crippen LogP contribution >= 0.6 is 0 Å². The molecular formula is C23H20FNO6. The Morgan fingerprint density at radius 3 is 2.29 bits per heavy atom. The van der Waals surface area contributed by atoms with Crippen molar-refractivity contribution in [3.63, 3.8) is 0 Å². The van der Waals surface area contributed by atoms with Crippen LogP contribution in [-0.2, 0) is 4.74 Å². The van der Waals surface area contributed by atoms with E-state index < -0.39 is 41.1 Å². The van der Waals surface area contributed by atoms with Crippen molar-refractivity contribution in [1.82, 2.24) is 0 Å². The number of phenolic OH excluding ortho intramolecular Hbond substituents is 2. The van der Waals surface area contributed by atoms with Gasteiger partial charge < -0.3 is 14.9 Å². The molecule has 1 aliphatic rings. The highest BCUT2D eigenvalue weighted by Crippen LogP contribution is 2.36. The van der Waals surface area contributed by atoms with Gasteiger partial charge in [-0.3, -0.25) is 14.9 Å². The molecule has 0 radical (unpaired) electrons. The second-order valence-corrected chi connectivity index (χ2v) is 7.19. The van der Waals surface area contributed by atoms with Crippen LogP contribution in [0.4, 0.5) is 14.9 Å². The van der Waals surface area contributed by atoms with E-state index in [1.54, 1.807) is 6.08 Å². The minimum atomic E-state index is -1.14. The van der Waals surface area contributed by atoms with Crippen molar-refractivity contribution in [2.45, 2.75) is 26.4 Å². The summed E-state index contributed by atoms with van der Waals surface area (Å²) in [5.41, 5.74) is 0.395. The molecule has 2 aromatic rings. The summed E-state index contributed by atoms with van der Waals surface area (Å²) in [6.07, 6.45) is 0.775. The monoisotopic (exact) mass is 425 g/mol. The molecule has 1 unspecified atom stereocenters. The van der Waals surface area contributed by atoms with E-state index in [1.165, 1.54) is 12.1 Å². The Balaban J connectivity index is 1.91. The molecule has 7 nitrogen and oxygen atoms in total. The first-order valence-corrected chi connectivity index (χ1v) is 9.39. The number of hydrogen-bond acceptors (Lipinski definition) is 6. The van der Waals surface area contributed by atoms with Gasteiger partial charge >= 0.3 is 6.09 Å². The largest absolute Gasteiger partial charge is 0.507 e. The lowest BCUT2D eigenvalue weighted by Crippen LogP contribution is -2.30. The minimum Gasteiger partial charge on any atom is -0.507 e. The van der Waals surface area contributed by atoms with E-state index in [0.29, 0.717) is 0 Å². The number of phenols is 2. The molecule has 0 aliphatic heterocycles. The molecule has 0 saturated heterocycles. The van der Waals surface area contributed by atoms with Crippen LogP contribution in [0, 0.1) is 5.82 Å². The van der Waals surface area contributed by atoms with E-state index >= 15 is 0 Å². The molecule has 1 amide bonds. The predicted molar refractivity (Wildman–Crippen MR) is 111 cm³/mol. The van der Waals surface area contributed by atoms with E-state index in [9.17, 15) is 29.0 Å². The normalized spacial score (nSPS) is 13.7. The second kappa shape index (κ2) is 8.83. The third kappa shape index (κ3) is 4.80. The molecule has 3 rings (SSSR count). The first-order chi connectivity index (χ1) is 14.7. The Bertz CT molecular complexity index is 1110. The van der Waals surface area contributed by atoms with Gasteiger partial charge in [0.15, 0.2) is 11.6 Å². The summed E-state index contributed by atoms with van der Waals surface area (Å²) in [6, 6.07) is 7.23. The number of ether oxygens (including phenoxy) is 1. The van der Waals surface area contributed by atoms with Gasteiger partial charge in [0.25, 0.3) is 0 Å². The first kappa shape index (κ1) is 21.8. The summed E-state index contributed by atoms with van der Waals surface area (Å²) in [4.78, 5) is 38.0. The third-order valence-corrected chi connectivity index (χ3v) is 4.61. The van der Waals surface area contributed by atoms with Crippen molar-refractivity contribution in [1.29, 1.82) is 0 Å². The number of carbonyl (C=O) groups is 3. The Morgan fingerprint density at radius 1 is 1.06 bits per heavy atom. The van der Waals surface area contributed by atoms with Crippen LogP contribution in [0.5, 0.6) is 11.5 Å². The lowest BCUT2D eigenvalue weighted by molar-refractivity contribution is 0.0914. The number of halogens is 1. The molecule has 1 atom stereocenters. The van der Waals surface area contributed by atoms with Gasteiger partial charge in [-0.25, -0.2) is 9.18 Å². The molecule has 160 valence electrons. The van der Waals surface area contributed by atoms with Gasteiger partial charge in [0.05, 0.1) is 11.1 Å². The van der Waals surface area contributed by atoms with E-state index in [2.05, 4.69) is 5.32 Å². The molecule has 8 heteroatoms. The fraction of sp³-hybridized carbons (Fsp3) is 0.174. The number of hydrogen-bond donors (Lipinski definition) is 3. The van der Waals surface area contributed by atoms with Gasteiger partial charge in [0, 0.05) is 17.7 Å². The molecule has 0 bridgehead atoms. The topological polar surface area (TPSA) is 113 Å². The van der Waals surface area contributed by atoms with E-state index in [1.807, 2.05) is 13.8 Å². The molecule has 1 aliphatic carbocycles. The van der Waals surface area contributed by atoms with E-state index in [0.717, 1.165) is 35.9 Å². The van der Waals surface area contributed by atoms with Crippen LogP contribution < -0.4 is 5.32 Å². The SMILES string of the molecule is CC(C)=CCC(OC(=O)Nc1ccc(F)cc1)C1=CC(=O)c2c(O)ccc(O)c2C1=O. The summed E-state index contributed by atoms with van der Waals surface area (Å²) in [6.45, 7) is 3.63. The van der Waals surface area contributed by atoms with Gasteiger partial charge in [-0.1, -0.05) is 11.6 Å². The number of aromatic hydroxyl groups is 2. The lowest BCUT2D eigenvalue weighted by atomic mass is 9.85. The van der Waals surface area contributed by atoms with Crippen LogP contribution in [-0.4, -0.2) is 34.0 Å².